The summed E-state index contributed by atoms with van der Waals surface area (Å²) in [7, 11) is 1.71. The van der Waals surface area contributed by atoms with Crippen LogP contribution in [0.25, 0.3) is 0 Å². The maximum atomic E-state index is 13.1. The molecule has 2 fully saturated rings. The number of carbonyl (C=O) groups is 2. The fourth-order valence-electron chi connectivity index (χ4n) is 4.31. The number of nitrogens with zero attached hydrogens (tertiary/aromatic N) is 6. The summed E-state index contributed by atoms with van der Waals surface area (Å²) >= 11 is 0. The van der Waals surface area contributed by atoms with Crippen LogP contribution in [0.5, 0.6) is 0 Å². The van der Waals surface area contributed by atoms with Crippen LogP contribution < -0.4 is 4.57 Å². The topological polar surface area (TPSA) is 74.3 Å². The van der Waals surface area contributed by atoms with Crippen LogP contribution in [0.4, 0.5) is 10.7 Å². The molecule has 29 heavy (non-hydrogen) atoms. The van der Waals surface area contributed by atoms with Crippen LogP contribution >= 0.6 is 0 Å². The molecule has 0 bridgehead atoms. The molecule has 1 unspecified atom stereocenters. The summed E-state index contributed by atoms with van der Waals surface area (Å²) in [4.78, 5) is 35.8. The number of urea groups is 1. The highest BCUT2D eigenvalue weighted by atomic mass is 16.5. The van der Waals surface area contributed by atoms with E-state index in [9.17, 15) is 9.59 Å². The van der Waals surface area contributed by atoms with Gasteiger partial charge in [-0.15, -0.1) is 0 Å². The molecule has 1 aromatic rings. The Morgan fingerprint density at radius 2 is 1.93 bits per heavy atom. The molecule has 0 N–H and O–H groups in total. The van der Waals surface area contributed by atoms with E-state index < -0.39 is 6.04 Å². The standard InChI is InChI=1S/C20H31N6O3/c1-4-5-8-25-18(27)16-17(22(3)20(25)28)21-19-24(15(2)14-26(16)19)9-6-7-23-10-12-29-13-11-23/h14,16H,4-13H2,1-3H3/q+1. The highest BCUT2D eigenvalue weighted by Crippen LogP contribution is 2.29. The minimum atomic E-state index is -0.538. The molecule has 158 valence electrons. The van der Waals surface area contributed by atoms with Gasteiger partial charge in [-0.3, -0.25) is 19.5 Å². The van der Waals surface area contributed by atoms with Gasteiger partial charge in [0.25, 0.3) is 5.91 Å². The number of rotatable bonds is 7. The molecule has 0 aromatic carbocycles. The summed E-state index contributed by atoms with van der Waals surface area (Å²) < 4.78 is 9.51. The number of likely N-dealkylation sites (N-methyl/N-ethyl adjacent to an activating group) is 1. The highest BCUT2D eigenvalue weighted by Gasteiger charge is 2.52. The number of amides is 3. The van der Waals surface area contributed by atoms with Gasteiger partial charge >= 0.3 is 12.0 Å². The maximum absolute atomic E-state index is 13.1. The number of imide groups is 1. The van der Waals surface area contributed by atoms with E-state index in [1.807, 2.05) is 17.7 Å². The van der Waals surface area contributed by atoms with Crippen LogP contribution in [0, 0.1) is 6.92 Å². The van der Waals surface area contributed by atoms with Gasteiger partial charge in [0.2, 0.25) is 11.9 Å². The SMILES string of the molecule is CCCCN1C(=O)C2C(=Nc3n(CCCN4CCOCC4)c(C)c[n+]32)N(C)C1=O. The first-order valence-electron chi connectivity index (χ1n) is 10.6. The minimum absolute atomic E-state index is 0.172. The molecule has 0 saturated carbocycles. The molecular formula is C20H31N6O3+. The first-order chi connectivity index (χ1) is 14.0. The second kappa shape index (κ2) is 8.23. The largest absolute Gasteiger partial charge is 0.401 e. The zero-order valence-corrected chi connectivity index (χ0v) is 17.6. The van der Waals surface area contributed by atoms with E-state index in [1.165, 1.54) is 9.80 Å². The molecule has 3 aliphatic rings. The smallest absolute Gasteiger partial charge is 0.379 e. The summed E-state index contributed by atoms with van der Waals surface area (Å²) in [6.45, 7) is 9.99. The Hall–Kier alpha value is -2.26. The molecule has 0 spiro atoms. The maximum Gasteiger partial charge on any atom is 0.401 e. The molecule has 4 heterocycles. The predicted octanol–water partition coefficient (Wildman–Crippen LogP) is 1.09. The number of aromatic nitrogens is 2. The fraction of sp³-hybridized carbons (Fsp3) is 0.700. The van der Waals surface area contributed by atoms with E-state index >= 15 is 0 Å². The van der Waals surface area contributed by atoms with E-state index in [2.05, 4.69) is 16.4 Å². The lowest BCUT2D eigenvalue weighted by Gasteiger charge is -2.33. The third-order valence-corrected chi connectivity index (χ3v) is 6.02. The molecule has 3 amide bonds. The van der Waals surface area contributed by atoms with E-state index in [0.717, 1.165) is 70.3 Å². The first kappa shape index (κ1) is 20.0. The molecule has 9 nitrogen and oxygen atoms in total. The predicted molar refractivity (Wildman–Crippen MR) is 107 cm³/mol. The van der Waals surface area contributed by atoms with Gasteiger partial charge in [0, 0.05) is 33.2 Å². The van der Waals surface area contributed by atoms with Crippen molar-refractivity contribution in [2.75, 3.05) is 46.4 Å². The zero-order valence-electron chi connectivity index (χ0n) is 17.6. The van der Waals surface area contributed by atoms with Crippen molar-refractivity contribution in [3.05, 3.63) is 11.9 Å². The minimum Gasteiger partial charge on any atom is -0.379 e. The van der Waals surface area contributed by atoms with Gasteiger partial charge in [0.15, 0.2) is 0 Å². The first-order valence-corrected chi connectivity index (χ1v) is 10.6. The van der Waals surface area contributed by atoms with Gasteiger partial charge in [-0.1, -0.05) is 18.3 Å². The summed E-state index contributed by atoms with van der Waals surface area (Å²) in [5.41, 5.74) is 1.08. The number of carbonyl (C=O) groups excluding carboxylic acids is 2. The van der Waals surface area contributed by atoms with Crippen molar-refractivity contribution >= 4 is 23.7 Å². The van der Waals surface area contributed by atoms with Crippen LogP contribution in [0.2, 0.25) is 0 Å². The van der Waals surface area contributed by atoms with Crippen molar-refractivity contribution in [1.82, 2.24) is 19.3 Å². The normalized spacial score (nSPS) is 22.2. The van der Waals surface area contributed by atoms with Crippen molar-refractivity contribution in [1.29, 1.82) is 0 Å². The Bertz CT molecular complexity index is 826. The molecule has 4 rings (SSSR count). The molecule has 9 heteroatoms. The van der Waals surface area contributed by atoms with Gasteiger partial charge in [-0.05, 0) is 19.8 Å². The monoisotopic (exact) mass is 403 g/mol. The molecule has 2 saturated heterocycles. The van der Waals surface area contributed by atoms with E-state index in [4.69, 9.17) is 9.73 Å². The Kier molecular flexibility index (Phi) is 5.69. The van der Waals surface area contributed by atoms with Crippen molar-refractivity contribution < 1.29 is 18.9 Å². The van der Waals surface area contributed by atoms with Gasteiger partial charge < -0.3 is 4.74 Å². The lowest BCUT2D eigenvalue weighted by molar-refractivity contribution is -0.677. The number of amidine groups is 1. The fourth-order valence-corrected chi connectivity index (χ4v) is 4.31. The molecular weight excluding hydrogens is 372 g/mol. The summed E-state index contributed by atoms with van der Waals surface area (Å²) in [6, 6.07) is -0.816. The van der Waals surface area contributed by atoms with Gasteiger partial charge in [-0.25, -0.2) is 13.9 Å². The second-order valence-electron chi connectivity index (χ2n) is 7.99. The van der Waals surface area contributed by atoms with Crippen molar-refractivity contribution in [2.45, 2.75) is 45.7 Å². The molecule has 0 aliphatic carbocycles. The zero-order chi connectivity index (χ0) is 20.5. The molecule has 1 aromatic heterocycles. The van der Waals surface area contributed by atoms with E-state index in [0.29, 0.717) is 12.4 Å². The number of hydrogen-bond acceptors (Lipinski definition) is 5. The van der Waals surface area contributed by atoms with E-state index in [-0.39, 0.29) is 11.9 Å². The van der Waals surface area contributed by atoms with Crippen molar-refractivity contribution in [3.63, 3.8) is 0 Å². The van der Waals surface area contributed by atoms with Gasteiger partial charge in [0.1, 0.15) is 11.9 Å². The average Bonchev–Trinajstić information content (AvgIpc) is 3.23. The van der Waals surface area contributed by atoms with Crippen LogP contribution in [-0.4, -0.2) is 83.5 Å². The number of aryl methyl sites for hydroxylation is 1. The van der Waals surface area contributed by atoms with Gasteiger partial charge in [0.05, 0.1) is 19.8 Å². The van der Waals surface area contributed by atoms with Gasteiger partial charge in [-0.2, -0.15) is 0 Å². The Balaban J connectivity index is 1.53. The molecule has 1 atom stereocenters. The summed E-state index contributed by atoms with van der Waals surface area (Å²) in [5, 5.41) is 0. The van der Waals surface area contributed by atoms with Crippen LogP contribution in [0.1, 0.15) is 37.9 Å². The molecule has 3 aliphatic heterocycles. The number of fused-ring (bicyclic) bond motifs is 3. The second-order valence-corrected chi connectivity index (χ2v) is 7.99. The number of hydrogen-bond donors (Lipinski definition) is 0. The lowest BCUT2D eigenvalue weighted by atomic mass is 10.1. The number of morpholine rings is 1. The number of unbranched alkanes of at least 4 members (excludes halogenated alkanes) is 1. The number of imidazole rings is 1. The average molecular weight is 404 g/mol. The summed E-state index contributed by atoms with van der Waals surface area (Å²) in [5.74, 6) is 1.12. The number of aliphatic imine (C=N–C) groups is 1. The van der Waals surface area contributed by atoms with Crippen LogP contribution in [-0.2, 0) is 16.1 Å². The quantitative estimate of drug-likeness (QED) is 0.639. The Morgan fingerprint density at radius 3 is 2.66 bits per heavy atom. The van der Waals surface area contributed by atoms with Crippen LogP contribution in [0.3, 0.4) is 0 Å². The van der Waals surface area contributed by atoms with Crippen molar-refractivity contribution in [3.8, 4) is 0 Å². The van der Waals surface area contributed by atoms with Crippen molar-refractivity contribution in [2.24, 2.45) is 4.99 Å². The third-order valence-electron chi connectivity index (χ3n) is 6.02. The Labute approximate surface area is 171 Å². The third kappa shape index (κ3) is 3.57. The molecule has 0 radical (unpaired) electrons. The Morgan fingerprint density at radius 1 is 1.17 bits per heavy atom. The lowest BCUT2D eigenvalue weighted by Crippen LogP contribution is -2.62. The van der Waals surface area contributed by atoms with Crippen LogP contribution in [0.15, 0.2) is 11.2 Å². The summed E-state index contributed by atoms with van der Waals surface area (Å²) in [6.07, 6.45) is 4.74. The van der Waals surface area contributed by atoms with E-state index in [1.54, 1.807) is 7.05 Å². The number of ether oxygens (including phenoxy) is 1. The highest BCUT2D eigenvalue weighted by molar-refractivity contribution is 6.19.